The van der Waals surface area contributed by atoms with Crippen LogP contribution in [-0.2, 0) is 6.54 Å². The maximum absolute atomic E-state index is 13.1. The van der Waals surface area contributed by atoms with Gasteiger partial charge in [0.05, 0.1) is 18.7 Å². The number of carbonyl (C=O) groups excluding carboxylic acids is 1. The SMILES string of the molecule is CCOc1ccccc1C(=O)Nc1ccn(Cc2ccc(F)cc2Cl)n1. The van der Waals surface area contributed by atoms with E-state index in [1.54, 1.807) is 41.2 Å². The van der Waals surface area contributed by atoms with E-state index in [-0.39, 0.29) is 11.7 Å². The number of halogens is 2. The first-order valence-corrected chi connectivity index (χ1v) is 8.45. The van der Waals surface area contributed by atoms with Crippen molar-refractivity contribution >= 4 is 23.3 Å². The molecular formula is C19H17ClFN3O2. The Morgan fingerprint density at radius 2 is 2.08 bits per heavy atom. The molecule has 3 aromatic rings. The van der Waals surface area contributed by atoms with Crippen molar-refractivity contribution in [1.82, 2.24) is 9.78 Å². The van der Waals surface area contributed by atoms with Crippen LogP contribution in [-0.4, -0.2) is 22.3 Å². The van der Waals surface area contributed by atoms with Crippen LogP contribution in [0.2, 0.25) is 5.02 Å². The van der Waals surface area contributed by atoms with Crippen LogP contribution in [0.3, 0.4) is 0 Å². The first-order chi connectivity index (χ1) is 12.6. The standard InChI is InChI=1S/C19H17ClFN3O2/c1-2-26-17-6-4-3-5-15(17)19(25)22-18-9-10-24(23-18)12-13-7-8-14(21)11-16(13)20/h3-11H,2,12H2,1H3,(H,22,23,25). The highest BCUT2D eigenvalue weighted by molar-refractivity contribution is 6.31. The zero-order valence-electron chi connectivity index (χ0n) is 14.1. The summed E-state index contributed by atoms with van der Waals surface area (Å²) < 4.78 is 20.2. The van der Waals surface area contributed by atoms with Crippen molar-refractivity contribution in [3.8, 4) is 5.75 Å². The van der Waals surface area contributed by atoms with E-state index in [4.69, 9.17) is 16.3 Å². The lowest BCUT2D eigenvalue weighted by molar-refractivity contribution is 0.102. The molecule has 0 bridgehead atoms. The van der Waals surface area contributed by atoms with Gasteiger partial charge < -0.3 is 10.1 Å². The van der Waals surface area contributed by atoms with Crippen molar-refractivity contribution in [1.29, 1.82) is 0 Å². The van der Waals surface area contributed by atoms with Gasteiger partial charge in [0.1, 0.15) is 11.6 Å². The molecule has 2 aromatic carbocycles. The third-order valence-electron chi connectivity index (χ3n) is 3.66. The van der Waals surface area contributed by atoms with E-state index < -0.39 is 0 Å². The number of benzene rings is 2. The fourth-order valence-electron chi connectivity index (χ4n) is 2.46. The topological polar surface area (TPSA) is 56.1 Å². The fourth-order valence-corrected chi connectivity index (χ4v) is 2.69. The van der Waals surface area contributed by atoms with Gasteiger partial charge in [-0.05, 0) is 36.8 Å². The predicted octanol–water partition coefficient (Wildman–Crippen LogP) is 4.37. The number of ether oxygens (including phenoxy) is 1. The lowest BCUT2D eigenvalue weighted by Crippen LogP contribution is -2.14. The Balaban J connectivity index is 1.71. The number of para-hydroxylation sites is 1. The van der Waals surface area contributed by atoms with Crippen LogP contribution in [0.4, 0.5) is 10.2 Å². The van der Waals surface area contributed by atoms with Crippen molar-refractivity contribution in [3.63, 3.8) is 0 Å². The summed E-state index contributed by atoms with van der Waals surface area (Å²) in [6.07, 6.45) is 1.71. The molecule has 0 saturated heterocycles. The molecule has 26 heavy (non-hydrogen) atoms. The number of hydrogen-bond acceptors (Lipinski definition) is 3. The number of anilines is 1. The first kappa shape index (κ1) is 17.9. The Hall–Kier alpha value is -2.86. The van der Waals surface area contributed by atoms with Gasteiger partial charge in [-0.25, -0.2) is 4.39 Å². The van der Waals surface area contributed by atoms with E-state index in [0.29, 0.717) is 35.3 Å². The van der Waals surface area contributed by atoms with Gasteiger partial charge >= 0.3 is 0 Å². The van der Waals surface area contributed by atoms with Gasteiger partial charge in [-0.1, -0.05) is 29.8 Å². The number of amides is 1. The van der Waals surface area contributed by atoms with Crippen LogP contribution in [0.5, 0.6) is 5.75 Å². The van der Waals surface area contributed by atoms with Crippen molar-refractivity contribution in [2.75, 3.05) is 11.9 Å². The Morgan fingerprint density at radius 3 is 2.85 bits per heavy atom. The van der Waals surface area contributed by atoms with Gasteiger partial charge in [0, 0.05) is 17.3 Å². The van der Waals surface area contributed by atoms with Crippen LogP contribution < -0.4 is 10.1 Å². The molecule has 0 atom stereocenters. The summed E-state index contributed by atoms with van der Waals surface area (Å²) in [4.78, 5) is 12.5. The summed E-state index contributed by atoms with van der Waals surface area (Å²) in [5.41, 5.74) is 1.17. The minimum Gasteiger partial charge on any atom is -0.493 e. The van der Waals surface area contributed by atoms with Gasteiger partial charge in [-0.2, -0.15) is 5.10 Å². The number of nitrogens with zero attached hydrogens (tertiary/aromatic N) is 2. The molecule has 1 heterocycles. The number of carbonyl (C=O) groups is 1. The first-order valence-electron chi connectivity index (χ1n) is 8.07. The lowest BCUT2D eigenvalue weighted by Gasteiger charge is -2.09. The lowest BCUT2D eigenvalue weighted by atomic mass is 10.2. The molecule has 0 unspecified atom stereocenters. The average Bonchev–Trinajstić information content (AvgIpc) is 3.05. The van der Waals surface area contributed by atoms with Gasteiger partial charge in [-0.3, -0.25) is 9.48 Å². The molecule has 0 aliphatic rings. The van der Waals surface area contributed by atoms with Gasteiger partial charge in [0.25, 0.3) is 5.91 Å². The second kappa shape index (κ2) is 8.01. The molecule has 0 aliphatic carbocycles. The molecule has 7 heteroatoms. The molecule has 1 aromatic heterocycles. The normalized spacial score (nSPS) is 10.6. The summed E-state index contributed by atoms with van der Waals surface area (Å²) in [7, 11) is 0. The molecule has 0 saturated carbocycles. The van der Waals surface area contributed by atoms with E-state index >= 15 is 0 Å². The third-order valence-corrected chi connectivity index (χ3v) is 4.01. The Kier molecular flexibility index (Phi) is 5.53. The second-order valence-electron chi connectivity index (χ2n) is 5.52. The molecular weight excluding hydrogens is 357 g/mol. The molecule has 3 rings (SSSR count). The van der Waals surface area contributed by atoms with E-state index in [2.05, 4.69) is 10.4 Å². The second-order valence-corrected chi connectivity index (χ2v) is 5.92. The highest BCUT2D eigenvalue weighted by Gasteiger charge is 2.13. The summed E-state index contributed by atoms with van der Waals surface area (Å²) in [5.74, 6) is 0.226. The summed E-state index contributed by atoms with van der Waals surface area (Å²) in [5, 5.41) is 7.38. The molecule has 134 valence electrons. The number of rotatable bonds is 6. The van der Waals surface area contributed by atoms with Crippen LogP contribution in [0.25, 0.3) is 0 Å². The Morgan fingerprint density at radius 1 is 1.27 bits per heavy atom. The number of aromatic nitrogens is 2. The maximum atomic E-state index is 13.1. The molecule has 0 radical (unpaired) electrons. The quantitative estimate of drug-likeness (QED) is 0.697. The van der Waals surface area contributed by atoms with E-state index in [1.165, 1.54) is 12.1 Å². The molecule has 0 fully saturated rings. The third kappa shape index (κ3) is 4.21. The molecule has 5 nitrogen and oxygen atoms in total. The minimum atomic E-state index is -0.389. The molecule has 0 spiro atoms. The van der Waals surface area contributed by atoms with E-state index in [0.717, 1.165) is 5.56 Å². The van der Waals surface area contributed by atoms with E-state index in [9.17, 15) is 9.18 Å². The average molecular weight is 374 g/mol. The monoisotopic (exact) mass is 373 g/mol. The fraction of sp³-hybridized carbons (Fsp3) is 0.158. The smallest absolute Gasteiger partial charge is 0.260 e. The Labute approximate surface area is 155 Å². The van der Waals surface area contributed by atoms with Gasteiger partial charge in [0.15, 0.2) is 5.82 Å². The van der Waals surface area contributed by atoms with Crippen LogP contribution in [0.15, 0.2) is 54.7 Å². The summed E-state index contributed by atoms with van der Waals surface area (Å²) in [6, 6.07) is 12.9. The summed E-state index contributed by atoms with van der Waals surface area (Å²) in [6.45, 7) is 2.69. The van der Waals surface area contributed by atoms with Gasteiger partial charge in [0.2, 0.25) is 0 Å². The molecule has 1 amide bonds. The predicted molar refractivity (Wildman–Crippen MR) is 98.3 cm³/mol. The Bertz CT molecular complexity index is 927. The van der Waals surface area contributed by atoms with E-state index in [1.807, 2.05) is 13.0 Å². The molecule has 1 N–H and O–H groups in total. The van der Waals surface area contributed by atoms with Crippen LogP contribution in [0.1, 0.15) is 22.8 Å². The van der Waals surface area contributed by atoms with Crippen LogP contribution >= 0.6 is 11.6 Å². The largest absolute Gasteiger partial charge is 0.493 e. The summed E-state index contributed by atoms with van der Waals surface area (Å²) >= 11 is 6.03. The zero-order chi connectivity index (χ0) is 18.5. The highest BCUT2D eigenvalue weighted by atomic mass is 35.5. The maximum Gasteiger partial charge on any atom is 0.260 e. The van der Waals surface area contributed by atoms with Crippen LogP contribution in [0, 0.1) is 5.82 Å². The minimum absolute atomic E-state index is 0.306. The highest BCUT2D eigenvalue weighted by Crippen LogP contribution is 2.20. The van der Waals surface area contributed by atoms with Gasteiger partial charge in [-0.15, -0.1) is 0 Å². The van der Waals surface area contributed by atoms with Crippen molar-refractivity contribution in [2.24, 2.45) is 0 Å². The van der Waals surface area contributed by atoms with Crippen molar-refractivity contribution < 1.29 is 13.9 Å². The van der Waals surface area contributed by atoms with Crippen molar-refractivity contribution in [3.05, 3.63) is 76.7 Å². The molecule has 0 aliphatic heterocycles. The van der Waals surface area contributed by atoms with Crippen molar-refractivity contribution in [2.45, 2.75) is 13.5 Å². The zero-order valence-corrected chi connectivity index (χ0v) is 14.8. The number of hydrogen-bond donors (Lipinski definition) is 1. The number of nitrogens with one attached hydrogen (secondary N) is 1.